The number of amides is 3. The number of nitrogens with one attached hydrogen (secondary N) is 1. The number of nitrogens with zero attached hydrogens (tertiary/aromatic N) is 3. The van der Waals surface area contributed by atoms with Gasteiger partial charge < -0.3 is 10.3 Å². The Hall–Kier alpha value is -2.35. The van der Waals surface area contributed by atoms with Crippen molar-refractivity contribution in [3.63, 3.8) is 0 Å². The summed E-state index contributed by atoms with van der Waals surface area (Å²) in [5.74, 6) is 0.265. The van der Waals surface area contributed by atoms with Crippen LogP contribution in [-0.2, 0) is 11.8 Å². The number of imide groups is 1. The minimum Gasteiger partial charge on any atom is -0.351 e. The minimum atomic E-state index is -0.865. The van der Waals surface area contributed by atoms with E-state index >= 15 is 0 Å². The molecule has 116 valence electrons. The van der Waals surface area contributed by atoms with Crippen LogP contribution in [-0.4, -0.2) is 32.0 Å². The second kappa shape index (κ2) is 6.61. The number of benzene rings is 1. The highest BCUT2D eigenvalue weighted by Gasteiger charge is 2.20. The summed E-state index contributed by atoms with van der Waals surface area (Å²) in [4.78, 5) is 22.4. The van der Waals surface area contributed by atoms with Gasteiger partial charge in [-0.1, -0.05) is 36.0 Å². The molecule has 0 aliphatic rings. The lowest BCUT2D eigenvalue weighted by molar-refractivity contribution is -0.119. The van der Waals surface area contributed by atoms with E-state index in [2.05, 4.69) is 15.5 Å². The Morgan fingerprint density at radius 1 is 1.32 bits per heavy atom. The van der Waals surface area contributed by atoms with Crippen molar-refractivity contribution < 1.29 is 9.59 Å². The molecule has 0 spiro atoms. The van der Waals surface area contributed by atoms with Crippen molar-refractivity contribution in [1.29, 1.82) is 0 Å². The smallest absolute Gasteiger partial charge is 0.318 e. The van der Waals surface area contributed by atoms with Crippen LogP contribution in [0.25, 0.3) is 11.4 Å². The summed E-state index contributed by atoms with van der Waals surface area (Å²) in [6.07, 6.45) is 0. The number of carbonyl (C=O) groups is 2. The fourth-order valence-electron chi connectivity index (χ4n) is 1.91. The lowest BCUT2D eigenvalue weighted by Gasteiger charge is -2.10. The largest absolute Gasteiger partial charge is 0.351 e. The highest BCUT2D eigenvalue weighted by molar-refractivity contribution is 8.00. The van der Waals surface area contributed by atoms with Crippen LogP contribution in [0.2, 0.25) is 0 Å². The molecule has 0 aliphatic carbocycles. The van der Waals surface area contributed by atoms with Crippen molar-refractivity contribution >= 4 is 23.7 Å². The Morgan fingerprint density at radius 2 is 2.00 bits per heavy atom. The maximum atomic E-state index is 11.7. The monoisotopic (exact) mass is 319 g/mol. The highest BCUT2D eigenvalue weighted by Crippen LogP contribution is 2.27. The number of nitrogens with two attached hydrogens (primary N) is 1. The first-order valence-electron chi connectivity index (χ1n) is 6.62. The predicted molar refractivity (Wildman–Crippen MR) is 84.2 cm³/mol. The number of carbonyl (C=O) groups excluding carboxylic acids is 2. The van der Waals surface area contributed by atoms with E-state index in [4.69, 9.17) is 5.73 Å². The van der Waals surface area contributed by atoms with E-state index in [0.717, 1.165) is 17.0 Å². The molecule has 3 amide bonds. The van der Waals surface area contributed by atoms with Crippen LogP contribution >= 0.6 is 11.8 Å². The van der Waals surface area contributed by atoms with Gasteiger partial charge in [-0.3, -0.25) is 10.1 Å². The number of urea groups is 1. The Balaban J connectivity index is 2.20. The summed E-state index contributed by atoms with van der Waals surface area (Å²) in [5.41, 5.74) is 7.01. The van der Waals surface area contributed by atoms with Gasteiger partial charge in [-0.2, -0.15) is 0 Å². The number of aromatic nitrogens is 3. The Kier molecular flexibility index (Phi) is 4.81. The second-order valence-electron chi connectivity index (χ2n) is 4.79. The third-order valence-electron chi connectivity index (χ3n) is 3.12. The fraction of sp³-hybridized carbons (Fsp3) is 0.286. The van der Waals surface area contributed by atoms with Gasteiger partial charge in [0.05, 0.1) is 5.25 Å². The van der Waals surface area contributed by atoms with E-state index < -0.39 is 17.2 Å². The molecule has 1 aromatic heterocycles. The van der Waals surface area contributed by atoms with Crippen LogP contribution < -0.4 is 11.1 Å². The van der Waals surface area contributed by atoms with Crippen molar-refractivity contribution in [2.75, 3.05) is 0 Å². The summed E-state index contributed by atoms with van der Waals surface area (Å²) < 4.78 is 1.82. The fourth-order valence-corrected chi connectivity index (χ4v) is 2.73. The van der Waals surface area contributed by atoms with Crippen LogP contribution in [0.1, 0.15) is 12.5 Å². The molecule has 8 heteroatoms. The van der Waals surface area contributed by atoms with Gasteiger partial charge in [0.2, 0.25) is 5.91 Å². The van der Waals surface area contributed by atoms with Crippen molar-refractivity contribution in [2.45, 2.75) is 24.3 Å². The zero-order chi connectivity index (χ0) is 16.3. The van der Waals surface area contributed by atoms with Crippen molar-refractivity contribution in [3.05, 3.63) is 29.8 Å². The van der Waals surface area contributed by atoms with Gasteiger partial charge in [0.1, 0.15) is 0 Å². The van der Waals surface area contributed by atoms with Crippen molar-refractivity contribution in [3.8, 4) is 11.4 Å². The molecule has 3 N–H and O–H groups in total. The van der Waals surface area contributed by atoms with Gasteiger partial charge >= 0.3 is 6.03 Å². The summed E-state index contributed by atoms with van der Waals surface area (Å²) in [6, 6.07) is 7.00. The van der Waals surface area contributed by atoms with Gasteiger partial charge in [-0.25, -0.2) is 4.79 Å². The normalized spacial score (nSPS) is 12.0. The molecule has 0 unspecified atom stereocenters. The first-order chi connectivity index (χ1) is 10.4. The molecule has 0 bridgehead atoms. The number of aryl methyl sites for hydroxylation is 1. The Morgan fingerprint density at radius 3 is 2.64 bits per heavy atom. The van der Waals surface area contributed by atoms with Crippen LogP contribution in [0.5, 0.6) is 0 Å². The molecule has 0 aliphatic heterocycles. The van der Waals surface area contributed by atoms with E-state index in [1.807, 2.05) is 42.8 Å². The van der Waals surface area contributed by atoms with E-state index in [1.165, 1.54) is 11.8 Å². The third kappa shape index (κ3) is 3.45. The van der Waals surface area contributed by atoms with Crippen molar-refractivity contribution in [2.24, 2.45) is 12.8 Å². The molecular formula is C14H17N5O2S. The molecule has 0 saturated carbocycles. The number of primary amides is 1. The maximum Gasteiger partial charge on any atom is 0.318 e. The second-order valence-corrected chi connectivity index (χ2v) is 6.10. The molecule has 0 fully saturated rings. The molecule has 1 aromatic carbocycles. The molecular weight excluding hydrogens is 302 g/mol. The van der Waals surface area contributed by atoms with Crippen molar-refractivity contribution in [1.82, 2.24) is 20.1 Å². The Labute approximate surface area is 132 Å². The topological polar surface area (TPSA) is 103 Å². The molecule has 2 aromatic rings. The summed E-state index contributed by atoms with van der Waals surface area (Å²) >= 11 is 1.21. The van der Waals surface area contributed by atoms with Gasteiger partial charge in [0.15, 0.2) is 11.0 Å². The zero-order valence-corrected chi connectivity index (χ0v) is 13.3. The minimum absolute atomic E-state index is 0.460. The summed E-state index contributed by atoms with van der Waals surface area (Å²) in [6.45, 7) is 3.67. The lowest BCUT2D eigenvalue weighted by atomic mass is 10.1. The Bertz CT molecular complexity index is 713. The highest BCUT2D eigenvalue weighted by atomic mass is 32.2. The van der Waals surface area contributed by atoms with E-state index in [-0.39, 0.29) is 0 Å². The quantitative estimate of drug-likeness (QED) is 0.831. The molecule has 0 radical (unpaired) electrons. The molecule has 0 saturated heterocycles. The van der Waals surface area contributed by atoms with Crippen LogP contribution in [0.15, 0.2) is 29.4 Å². The molecule has 2 rings (SSSR count). The number of rotatable bonds is 4. The van der Waals surface area contributed by atoms with E-state index in [0.29, 0.717) is 5.16 Å². The van der Waals surface area contributed by atoms with Gasteiger partial charge in [-0.05, 0) is 19.4 Å². The molecule has 1 heterocycles. The predicted octanol–water partition coefficient (Wildman–Crippen LogP) is 1.47. The lowest BCUT2D eigenvalue weighted by Crippen LogP contribution is -2.39. The van der Waals surface area contributed by atoms with Crippen LogP contribution in [0.3, 0.4) is 0 Å². The third-order valence-corrected chi connectivity index (χ3v) is 4.25. The average molecular weight is 319 g/mol. The summed E-state index contributed by atoms with van der Waals surface area (Å²) in [7, 11) is 1.84. The van der Waals surface area contributed by atoms with Gasteiger partial charge in [0.25, 0.3) is 0 Å². The van der Waals surface area contributed by atoms with Gasteiger partial charge in [-0.15, -0.1) is 10.2 Å². The van der Waals surface area contributed by atoms with E-state index in [1.54, 1.807) is 6.92 Å². The SMILES string of the molecule is Cc1ccccc1-c1nnc(S[C@@H](C)C(=O)NC(N)=O)n1C. The number of hydrogen-bond acceptors (Lipinski definition) is 5. The molecule has 1 atom stereocenters. The number of hydrogen-bond donors (Lipinski definition) is 2. The first-order valence-corrected chi connectivity index (χ1v) is 7.50. The first kappa shape index (κ1) is 16.0. The molecule has 7 nitrogen and oxygen atoms in total. The van der Waals surface area contributed by atoms with Crippen LogP contribution in [0.4, 0.5) is 4.79 Å². The van der Waals surface area contributed by atoms with Gasteiger partial charge in [0, 0.05) is 12.6 Å². The zero-order valence-electron chi connectivity index (χ0n) is 12.5. The number of thioether (sulfide) groups is 1. The summed E-state index contributed by atoms with van der Waals surface area (Å²) in [5, 5.41) is 10.4. The molecule has 22 heavy (non-hydrogen) atoms. The standard InChI is InChI=1S/C14H17N5O2S/c1-8-6-4-5-7-10(8)11-17-18-14(19(11)3)22-9(2)12(20)16-13(15)21/h4-7,9H,1-3H3,(H3,15,16,20,21)/t9-/m0/s1. The maximum absolute atomic E-state index is 11.7. The average Bonchev–Trinajstić information content (AvgIpc) is 2.80. The van der Waals surface area contributed by atoms with E-state index in [9.17, 15) is 9.59 Å². The van der Waals surface area contributed by atoms with Crippen LogP contribution in [0, 0.1) is 6.92 Å².